The molecule has 1 aliphatic rings. The molecule has 124 valence electrons. The highest BCUT2D eigenvalue weighted by Crippen LogP contribution is 2.50. The van der Waals surface area contributed by atoms with Gasteiger partial charge in [-0.05, 0) is 60.1 Å². The van der Waals surface area contributed by atoms with Crippen LogP contribution in [0.5, 0.6) is 0 Å². The van der Waals surface area contributed by atoms with E-state index < -0.39 is 0 Å². The first-order valence-electron chi connectivity index (χ1n) is 9.52. The highest BCUT2D eigenvalue weighted by molar-refractivity contribution is 7.79. The molecule has 6 unspecified atom stereocenters. The van der Waals surface area contributed by atoms with Crippen LogP contribution in [-0.4, -0.2) is 5.37 Å². The summed E-state index contributed by atoms with van der Waals surface area (Å²) in [6.45, 7) is 12.0. The molecule has 1 aliphatic carbocycles. The van der Waals surface area contributed by atoms with Crippen molar-refractivity contribution in [1.82, 2.24) is 0 Å². The molecule has 1 heteroatoms. The van der Waals surface area contributed by atoms with E-state index in [9.17, 15) is 0 Å². The fourth-order valence-electron chi connectivity index (χ4n) is 4.45. The minimum absolute atomic E-state index is 0.759. The van der Waals surface area contributed by atoms with Gasteiger partial charge in [0.1, 0.15) is 0 Å². The molecule has 0 heterocycles. The third-order valence-electron chi connectivity index (χ3n) is 5.69. The van der Waals surface area contributed by atoms with Gasteiger partial charge < -0.3 is 0 Å². The summed E-state index contributed by atoms with van der Waals surface area (Å²) in [7, 11) is 0. The fourth-order valence-corrected chi connectivity index (χ4v) is 4.76. The first-order chi connectivity index (χ1) is 10.1. The van der Waals surface area contributed by atoms with E-state index in [1.54, 1.807) is 0 Å². The molecule has 0 radical (unpaired) electrons. The van der Waals surface area contributed by atoms with Crippen molar-refractivity contribution >= 4 is 17.6 Å². The second-order valence-electron chi connectivity index (χ2n) is 7.79. The summed E-state index contributed by atoms with van der Waals surface area (Å²) in [5, 5.41) is 2.06. The Labute approximate surface area is 139 Å². The molecule has 6 atom stereocenters. The van der Waals surface area contributed by atoms with Gasteiger partial charge >= 0.3 is 0 Å². The van der Waals surface area contributed by atoms with Crippen molar-refractivity contribution in [3.63, 3.8) is 0 Å². The zero-order valence-electron chi connectivity index (χ0n) is 15.1. The average Bonchev–Trinajstić information content (AvgIpc) is 3.22. The minimum atomic E-state index is 0.759. The molecule has 0 aliphatic heterocycles. The molecule has 0 aromatic heterocycles. The zero-order valence-corrected chi connectivity index (χ0v) is 15.9. The van der Waals surface area contributed by atoms with Crippen LogP contribution in [-0.2, 0) is 0 Å². The Morgan fingerprint density at radius 2 is 1.57 bits per heavy atom. The van der Waals surface area contributed by atoms with E-state index in [0.717, 1.165) is 35.5 Å². The molecular weight excluding hydrogens is 272 g/mol. The number of rotatable bonds is 12. The molecule has 0 amide bonds. The molecule has 0 spiro atoms. The van der Waals surface area contributed by atoms with Gasteiger partial charge in [-0.1, -0.05) is 78.9 Å². The van der Waals surface area contributed by atoms with Crippen LogP contribution in [0.15, 0.2) is 0 Å². The van der Waals surface area contributed by atoms with Crippen molar-refractivity contribution in [2.75, 3.05) is 0 Å². The highest BCUT2D eigenvalue weighted by Gasteiger charge is 2.44. The van der Waals surface area contributed by atoms with Crippen molar-refractivity contribution in [2.24, 2.45) is 35.5 Å². The van der Waals surface area contributed by atoms with Crippen LogP contribution >= 0.6 is 12.2 Å². The SMILES string of the molecule is CCCC(C)CC(CC)C(CC(C)CCC)C1CC1C=S. The third-order valence-corrected chi connectivity index (χ3v) is 6.04. The van der Waals surface area contributed by atoms with E-state index >= 15 is 0 Å². The highest BCUT2D eigenvalue weighted by atomic mass is 32.1. The van der Waals surface area contributed by atoms with Crippen LogP contribution in [0.1, 0.15) is 86.0 Å². The van der Waals surface area contributed by atoms with E-state index in [4.69, 9.17) is 12.2 Å². The lowest BCUT2D eigenvalue weighted by atomic mass is 9.74. The van der Waals surface area contributed by atoms with Crippen molar-refractivity contribution in [3.8, 4) is 0 Å². The standard InChI is InChI=1S/C20H38S/c1-6-9-15(4)11-17(8-3)19(12-16(5)10-7-2)20-13-18(20)14-21/h14-20H,6-13H2,1-5H3. The quantitative estimate of drug-likeness (QED) is 0.353. The molecule has 0 aromatic carbocycles. The average molecular weight is 311 g/mol. The smallest absolute Gasteiger partial charge is 0.00942 e. The topological polar surface area (TPSA) is 0 Å². The summed E-state index contributed by atoms with van der Waals surface area (Å²) < 4.78 is 0. The molecule has 21 heavy (non-hydrogen) atoms. The first kappa shape index (κ1) is 19.1. The van der Waals surface area contributed by atoms with Crippen LogP contribution in [0.25, 0.3) is 0 Å². The van der Waals surface area contributed by atoms with Gasteiger partial charge in [0.25, 0.3) is 0 Å². The Morgan fingerprint density at radius 3 is 2.00 bits per heavy atom. The summed E-state index contributed by atoms with van der Waals surface area (Å²) in [6.07, 6.45) is 11.1. The molecular formula is C20H38S. The van der Waals surface area contributed by atoms with E-state index in [2.05, 4.69) is 40.0 Å². The zero-order chi connectivity index (χ0) is 15.8. The van der Waals surface area contributed by atoms with Crippen LogP contribution in [0, 0.1) is 35.5 Å². The summed E-state index contributed by atoms with van der Waals surface area (Å²) >= 11 is 5.23. The van der Waals surface area contributed by atoms with Gasteiger partial charge in [-0.3, -0.25) is 0 Å². The number of hydrogen-bond donors (Lipinski definition) is 0. The fraction of sp³-hybridized carbons (Fsp3) is 0.950. The number of hydrogen-bond acceptors (Lipinski definition) is 1. The maximum Gasteiger partial charge on any atom is -0.00942 e. The van der Waals surface area contributed by atoms with E-state index in [1.807, 2.05) is 0 Å². The molecule has 0 nitrogen and oxygen atoms in total. The Balaban J connectivity index is 2.65. The van der Waals surface area contributed by atoms with E-state index in [1.165, 1.54) is 51.4 Å². The van der Waals surface area contributed by atoms with Gasteiger partial charge in [0.15, 0.2) is 0 Å². The maximum atomic E-state index is 5.23. The lowest BCUT2D eigenvalue weighted by Crippen LogP contribution is -2.22. The largest absolute Gasteiger partial charge is 0.0932 e. The number of thiocarbonyl (C=S) groups is 1. The molecule has 1 rings (SSSR count). The van der Waals surface area contributed by atoms with Gasteiger partial charge in [0.05, 0.1) is 0 Å². The predicted molar refractivity (Wildman–Crippen MR) is 99.9 cm³/mol. The van der Waals surface area contributed by atoms with Gasteiger partial charge in [-0.15, -0.1) is 0 Å². The monoisotopic (exact) mass is 310 g/mol. The van der Waals surface area contributed by atoms with Crippen molar-refractivity contribution in [2.45, 2.75) is 86.0 Å². The molecule has 1 fully saturated rings. The Kier molecular flexibility index (Phi) is 9.09. The van der Waals surface area contributed by atoms with Crippen LogP contribution in [0.3, 0.4) is 0 Å². The predicted octanol–water partition coefficient (Wildman–Crippen LogP) is 6.92. The van der Waals surface area contributed by atoms with Crippen LogP contribution in [0.2, 0.25) is 0 Å². The van der Waals surface area contributed by atoms with Gasteiger partial charge in [0, 0.05) is 0 Å². The summed E-state index contributed by atoms with van der Waals surface area (Å²) in [5.41, 5.74) is 0. The van der Waals surface area contributed by atoms with Crippen LogP contribution < -0.4 is 0 Å². The van der Waals surface area contributed by atoms with Gasteiger partial charge in [-0.25, -0.2) is 0 Å². The first-order valence-corrected chi connectivity index (χ1v) is 9.99. The van der Waals surface area contributed by atoms with Crippen molar-refractivity contribution in [3.05, 3.63) is 0 Å². The second-order valence-corrected chi connectivity index (χ2v) is 8.06. The summed E-state index contributed by atoms with van der Waals surface area (Å²) in [6, 6.07) is 0. The lowest BCUT2D eigenvalue weighted by Gasteiger charge is -2.31. The van der Waals surface area contributed by atoms with Crippen molar-refractivity contribution in [1.29, 1.82) is 0 Å². The minimum Gasteiger partial charge on any atom is -0.0932 e. The van der Waals surface area contributed by atoms with E-state index in [0.29, 0.717) is 0 Å². The second kappa shape index (κ2) is 9.98. The van der Waals surface area contributed by atoms with Gasteiger partial charge in [-0.2, -0.15) is 0 Å². The molecule has 0 bridgehead atoms. The Bertz CT molecular complexity index is 286. The summed E-state index contributed by atoms with van der Waals surface area (Å²) in [5.74, 6) is 5.32. The third kappa shape index (κ3) is 6.38. The van der Waals surface area contributed by atoms with Crippen molar-refractivity contribution < 1.29 is 0 Å². The molecule has 0 N–H and O–H groups in total. The molecule has 0 saturated heterocycles. The van der Waals surface area contributed by atoms with Gasteiger partial charge in [0.2, 0.25) is 0 Å². The normalized spacial score (nSPS) is 26.9. The molecule has 0 aromatic rings. The Hall–Kier alpha value is 0.0900. The van der Waals surface area contributed by atoms with E-state index in [-0.39, 0.29) is 0 Å². The molecule has 1 saturated carbocycles. The Morgan fingerprint density at radius 1 is 1.00 bits per heavy atom. The lowest BCUT2D eigenvalue weighted by molar-refractivity contribution is 0.193. The summed E-state index contributed by atoms with van der Waals surface area (Å²) in [4.78, 5) is 0. The van der Waals surface area contributed by atoms with Crippen LogP contribution in [0.4, 0.5) is 0 Å². The maximum absolute atomic E-state index is 5.23.